The molecule has 0 N–H and O–H groups in total. The third kappa shape index (κ3) is 4.26. The van der Waals surface area contributed by atoms with Crippen molar-refractivity contribution >= 4 is 29.1 Å². The van der Waals surface area contributed by atoms with Crippen LogP contribution in [-0.2, 0) is 6.54 Å². The number of hydrogen-bond donors (Lipinski definition) is 0. The summed E-state index contributed by atoms with van der Waals surface area (Å²) in [5.74, 6) is -0.893. The summed E-state index contributed by atoms with van der Waals surface area (Å²) >= 11 is 6.33. The molecule has 2 amide bonds. The number of carbonyl (C=O) groups excluding carboxylic acids is 2. The van der Waals surface area contributed by atoms with Crippen LogP contribution in [-0.4, -0.2) is 59.4 Å². The van der Waals surface area contributed by atoms with Crippen molar-refractivity contribution < 1.29 is 18.7 Å². The number of piperidine rings is 1. The van der Waals surface area contributed by atoms with E-state index in [0.717, 1.165) is 37.2 Å². The van der Waals surface area contributed by atoms with E-state index >= 15 is 4.39 Å². The zero-order valence-corrected chi connectivity index (χ0v) is 21.8. The maximum Gasteiger partial charge on any atom is 0.256 e. The average molecular weight is 535 g/mol. The lowest BCUT2D eigenvalue weighted by molar-refractivity contribution is 0.0644. The molecule has 0 radical (unpaired) electrons. The molecule has 1 fully saturated rings. The molecule has 7 nitrogen and oxygen atoms in total. The summed E-state index contributed by atoms with van der Waals surface area (Å²) in [6, 6.07) is 12.0. The molecule has 3 aliphatic rings. The number of pyridine rings is 1. The van der Waals surface area contributed by atoms with Crippen LogP contribution < -0.4 is 9.64 Å². The molecule has 0 bridgehead atoms. The quantitative estimate of drug-likeness (QED) is 0.466. The second kappa shape index (κ2) is 9.91. The van der Waals surface area contributed by atoms with Crippen molar-refractivity contribution in [3.05, 3.63) is 88.0 Å². The van der Waals surface area contributed by atoms with Crippen LogP contribution in [0, 0.1) is 5.82 Å². The number of fused-ring (bicyclic) bond motifs is 2. The van der Waals surface area contributed by atoms with Crippen LogP contribution in [0.25, 0.3) is 0 Å². The van der Waals surface area contributed by atoms with Gasteiger partial charge in [-0.25, -0.2) is 4.39 Å². The number of aromatic nitrogens is 1. The zero-order chi connectivity index (χ0) is 26.4. The number of amides is 2. The first-order valence-corrected chi connectivity index (χ1v) is 13.3. The Kier molecular flexibility index (Phi) is 6.43. The van der Waals surface area contributed by atoms with Gasteiger partial charge in [-0.05, 0) is 48.7 Å². The van der Waals surface area contributed by atoms with E-state index in [1.807, 2.05) is 24.3 Å². The predicted molar refractivity (Wildman–Crippen MR) is 142 cm³/mol. The fourth-order valence-electron chi connectivity index (χ4n) is 5.92. The zero-order valence-electron chi connectivity index (χ0n) is 21.1. The molecule has 1 atom stereocenters. The minimum Gasteiger partial charge on any atom is -0.490 e. The van der Waals surface area contributed by atoms with Gasteiger partial charge in [-0.1, -0.05) is 23.7 Å². The van der Waals surface area contributed by atoms with Crippen molar-refractivity contribution in [1.29, 1.82) is 0 Å². The molecule has 6 rings (SSSR count). The van der Waals surface area contributed by atoms with Crippen molar-refractivity contribution in [2.75, 3.05) is 31.6 Å². The van der Waals surface area contributed by atoms with Crippen molar-refractivity contribution in [1.82, 2.24) is 14.8 Å². The third-order valence-corrected chi connectivity index (χ3v) is 8.28. The summed E-state index contributed by atoms with van der Waals surface area (Å²) in [5, 5.41) is 0.411. The van der Waals surface area contributed by atoms with Gasteiger partial charge in [0.1, 0.15) is 0 Å². The van der Waals surface area contributed by atoms with Crippen LogP contribution in [0.4, 0.5) is 10.1 Å². The number of rotatable bonds is 4. The Morgan fingerprint density at radius 1 is 1.13 bits per heavy atom. The Bertz CT molecular complexity index is 1390. The van der Waals surface area contributed by atoms with Crippen LogP contribution in [0.15, 0.2) is 54.9 Å². The normalized spacial score (nSPS) is 19.1. The summed E-state index contributed by atoms with van der Waals surface area (Å²) in [5.41, 5.74) is 3.25. The standard InChI is InChI=1S/C29H28ClFN4O3/c1-33(20-7-12-34(13-8-20)21-5-10-32-11-6-21)28(36)19-15-22-25(9-14-38-27(22)24(31)16-19)35-17-18-3-2-4-23(30)26(18)29(35)37/h2-6,10-11,15-16,20,25H,7-9,12-14,17H2,1H3/t25-/m1/s1. The van der Waals surface area contributed by atoms with Gasteiger partial charge in [0.15, 0.2) is 11.6 Å². The Hall–Kier alpha value is -3.65. The van der Waals surface area contributed by atoms with E-state index in [1.165, 1.54) is 6.07 Å². The molecule has 0 saturated carbocycles. The maximum absolute atomic E-state index is 15.3. The van der Waals surface area contributed by atoms with Crippen LogP contribution in [0.5, 0.6) is 5.75 Å². The van der Waals surface area contributed by atoms with Crippen LogP contribution in [0.1, 0.15) is 57.1 Å². The topological polar surface area (TPSA) is 66.0 Å². The van der Waals surface area contributed by atoms with Gasteiger partial charge < -0.3 is 19.4 Å². The van der Waals surface area contributed by atoms with E-state index in [9.17, 15) is 9.59 Å². The lowest BCUT2D eigenvalue weighted by Gasteiger charge is -2.38. The summed E-state index contributed by atoms with van der Waals surface area (Å²) in [4.78, 5) is 36.6. The number of carbonyl (C=O) groups is 2. The minimum absolute atomic E-state index is 0.0449. The number of nitrogens with zero attached hydrogens (tertiary/aromatic N) is 4. The largest absolute Gasteiger partial charge is 0.490 e. The molecule has 38 heavy (non-hydrogen) atoms. The van der Waals surface area contributed by atoms with Gasteiger partial charge in [-0.3, -0.25) is 14.6 Å². The van der Waals surface area contributed by atoms with Crippen molar-refractivity contribution in [2.45, 2.75) is 37.9 Å². The van der Waals surface area contributed by atoms with Gasteiger partial charge in [-0.2, -0.15) is 0 Å². The molecule has 9 heteroatoms. The van der Waals surface area contributed by atoms with Crippen molar-refractivity contribution in [3.63, 3.8) is 0 Å². The highest BCUT2D eigenvalue weighted by Crippen LogP contribution is 2.43. The number of benzene rings is 2. The molecule has 1 aromatic heterocycles. The average Bonchev–Trinajstić information content (AvgIpc) is 3.29. The van der Waals surface area contributed by atoms with Crippen molar-refractivity contribution in [2.24, 2.45) is 0 Å². The first-order chi connectivity index (χ1) is 18.4. The summed E-state index contributed by atoms with van der Waals surface area (Å²) < 4.78 is 21.0. The molecular weight excluding hydrogens is 507 g/mol. The van der Waals surface area contributed by atoms with Crippen LogP contribution in [0.2, 0.25) is 5.02 Å². The minimum atomic E-state index is -0.585. The Labute approximate surface area is 225 Å². The van der Waals surface area contributed by atoms with Crippen LogP contribution in [0.3, 0.4) is 0 Å². The summed E-state index contributed by atoms with van der Waals surface area (Å²) in [6.07, 6.45) is 5.68. The second-order valence-electron chi connectivity index (χ2n) is 10.1. The van der Waals surface area contributed by atoms with E-state index in [0.29, 0.717) is 29.1 Å². The lowest BCUT2D eigenvalue weighted by Crippen LogP contribution is -2.45. The van der Waals surface area contributed by atoms with Gasteiger partial charge in [0, 0.05) is 68.4 Å². The molecule has 1 saturated heterocycles. The molecule has 3 aromatic rings. The Morgan fingerprint density at radius 2 is 1.89 bits per heavy atom. The van der Waals surface area contributed by atoms with Gasteiger partial charge in [0.05, 0.1) is 23.2 Å². The van der Waals surface area contributed by atoms with E-state index in [1.54, 1.807) is 41.4 Å². The molecule has 4 heterocycles. The first-order valence-electron chi connectivity index (χ1n) is 12.9. The molecule has 2 aromatic carbocycles. The fourth-order valence-corrected chi connectivity index (χ4v) is 6.19. The predicted octanol–water partition coefficient (Wildman–Crippen LogP) is 5.09. The van der Waals surface area contributed by atoms with Gasteiger partial charge in [0.25, 0.3) is 11.8 Å². The van der Waals surface area contributed by atoms with Gasteiger partial charge in [0.2, 0.25) is 0 Å². The number of hydrogen-bond acceptors (Lipinski definition) is 5. The number of anilines is 1. The Balaban J connectivity index is 1.22. The highest BCUT2D eigenvalue weighted by molar-refractivity contribution is 6.34. The number of halogens is 2. The molecular formula is C29H28ClFN4O3. The van der Waals surface area contributed by atoms with Crippen LogP contribution >= 0.6 is 11.6 Å². The first kappa shape index (κ1) is 24.7. The third-order valence-electron chi connectivity index (χ3n) is 7.97. The second-order valence-corrected chi connectivity index (χ2v) is 10.5. The highest BCUT2D eigenvalue weighted by Gasteiger charge is 2.39. The lowest BCUT2D eigenvalue weighted by atomic mass is 9.95. The SMILES string of the molecule is CN(C(=O)c1cc(F)c2c(c1)[C@H](N1Cc3cccc(Cl)c3C1=O)CCO2)C1CCN(c2ccncc2)CC1. The molecule has 0 unspecified atom stereocenters. The smallest absolute Gasteiger partial charge is 0.256 e. The van der Waals surface area contributed by atoms with E-state index in [2.05, 4.69) is 9.88 Å². The van der Waals surface area contributed by atoms with E-state index in [-0.39, 0.29) is 35.8 Å². The summed E-state index contributed by atoms with van der Waals surface area (Å²) in [6.45, 7) is 2.31. The molecule has 0 aliphatic carbocycles. The molecule has 0 spiro atoms. The van der Waals surface area contributed by atoms with Crippen molar-refractivity contribution in [3.8, 4) is 5.75 Å². The monoisotopic (exact) mass is 534 g/mol. The van der Waals surface area contributed by atoms with Gasteiger partial charge in [-0.15, -0.1) is 0 Å². The van der Waals surface area contributed by atoms with E-state index in [4.69, 9.17) is 16.3 Å². The molecule has 3 aliphatic heterocycles. The number of ether oxygens (including phenoxy) is 1. The Morgan fingerprint density at radius 3 is 2.63 bits per heavy atom. The summed E-state index contributed by atoms with van der Waals surface area (Å²) in [7, 11) is 1.78. The maximum atomic E-state index is 15.3. The molecule has 196 valence electrons. The highest BCUT2D eigenvalue weighted by atomic mass is 35.5. The van der Waals surface area contributed by atoms with E-state index < -0.39 is 11.9 Å². The van der Waals surface area contributed by atoms with Gasteiger partial charge >= 0.3 is 0 Å². The fraction of sp³-hybridized carbons (Fsp3) is 0.345.